The van der Waals surface area contributed by atoms with Gasteiger partial charge in [-0.15, -0.1) is 0 Å². The van der Waals surface area contributed by atoms with Crippen molar-refractivity contribution in [3.05, 3.63) is 22.6 Å². The van der Waals surface area contributed by atoms with Crippen molar-refractivity contribution in [3.63, 3.8) is 0 Å². The number of hydrogen-bond donors (Lipinski definition) is 1. The summed E-state index contributed by atoms with van der Waals surface area (Å²) in [5.74, 6) is 1.25. The number of furan rings is 1. The summed E-state index contributed by atoms with van der Waals surface area (Å²) < 4.78 is 16.2. The van der Waals surface area contributed by atoms with Gasteiger partial charge >= 0.3 is 0 Å². The first-order valence-corrected chi connectivity index (χ1v) is 6.59. The summed E-state index contributed by atoms with van der Waals surface area (Å²) in [6.07, 6.45) is -0.410. The summed E-state index contributed by atoms with van der Waals surface area (Å²) in [6, 6.07) is 0. The highest BCUT2D eigenvalue weighted by Crippen LogP contribution is 2.20. The van der Waals surface area contributed by atoms with Crippen LogP contribution in [0, 0.1) is 20.8 Å². The van der Waals surface area contributed by atoms with Crippen LogP contribution in [-0.2, 0) is 9.47 Å². The largest absolute Gasteiger partial charge is 0.466 e. The van der Waals surface area contributed by atoms with Gasteiger partial charge in [0.25, 0.3) is 5.91 Å². The van der Waals surface area contributed by atoms with Gasteiger partial charge in [0.05, 0.1) is 12.1 Å². The van der Waals surface area contributed by atoms with E-state index in [2.05, 4.69) is 5.32 Å². The molecular weight excluding hydrogens is 246 g/mol. The zero-order valence-corrected chi connectivity index (χ0v) is 12.3. The second kappa shape index (κ2) is 7.31. The Morgan fingerprint density at radius 1 is 1.16 bits per heavy atom. The lowest BCUT2D eigenvalue weighted by Crippen LogP contribution is -2.35. The van der Waals surface area contributed by atoms with E-state index < -0.39 is 6.29 Å². The maximum atomic E-state index is 12.1. The number of rotatable bonds is 7. The third kappa shape index (κ3) is 4.08. The Morgan fingerprint density at radius 2 is 1.74 bits per heavy atom. The maximum absolute atomic E-state index is 12.1. The molecule has 1 aromatic heterocycles. The molecule has 0 fully saturated rings. The number of hydrogen-bond acceptors (Lipinski definition) is 4. The van der Waals surface area contributed by atoms with Crippen molar-refractivity contribution in [3.8, 4) is 0 Å². The zero-order chi connectivity index (χ0) is 14.4. The van der Waals surface area contributed by atoms with Crippen LogP contribution in [0.2, 0.25) is 0 Å². The first-order valence-electron chi connectivity index (χ1n) is 6.59. The molecule has 0 aliphatic heterocycles. The van der Waals surface area contributed by atoms with Crippen LogP contribution in [0.15, 0.2) is 4.42 Å². The standard InChI is InChI=1S/C14H23NO4/c1-6-17-12(18-7-2)8-15-14(16)13-9(3)10(4)19-11(13)5/h12H,6-8H2,1-5H3,(H,15,16). The predicted octanol–water partition coefficient (Wildman–Crippen LogP) is 2.33. The van der Waals surface area contributed by atoms with Gasteiger partial charge in [0.15, 0.2) is 6.29 Å². The molecule has 0 saturated carbocycles. The Hall–Kier alpha value is -1.33. The lowest BCUT2D eigenvalue weighted by atomic mass is 10.1. The number of ether oxygens (including phenoxy) is 2. The van der Waals surface area contributed by atoms with Crippen LogP contribution in [0.3, 0.4) is 0 Å². The predicted molar refractivity (Wildman–Crippen MR) is 72.3 cm³/mol. The highest BCUT2D eigenvalue weighted by Gasteiger charge is 2.19. The summed E-state index contributed by atoms with van der Waals surface area (Å²) in [7, 11) is 0. The summed E-state index contributed by atoms with van der Waals surface area (Å²) in [5, 5.41) is 2.81. The van der Waals surface area contributed by atoms with Crippen LogP contribution < -0.4 is 5.32 Å². The van der Waals surface area contributed by atoms with Crippen LogP contribution in [0.25, 0.3) is 0 Å². The average molecular weight is 269 g/mol. The topological polar surface area (TPSA) is 60.7 Å². The third-order valence-electron chi connectivity index (χ3n) is 2.92. The zero-order valence-electron chi connectivity index (χ0n) is 12.3. The summed E-state index contributed by atoms with van der Waals surface area (Å²) in [6.45, 7) is 10.7. The van der Waals surface area contributed by atoms with Crippen molar-refractivity contribution >= 4 is 5.91 Å². The fourth-order valence-electron chi connectivity index (χ4n) is 1.93. The minimum atomic E-state index is -0.410. The van der Waals surface area contributed by atoms with Crippen molar-refractivity contribution in [2.45, 2.75) is 40.9 Å². The van der Waals surface area contributed by atoms with Gasteiger partial charge in [-0.3, -0.25) is 4.79 Å². The van der Waals surface area contributed by atoms with Gasteiger partial charge in [-0.1, -0.05) is 0 Å². The van der Waals surface area contributed by atoms with E-state index in [4.69, 9.17) is 13.9 Å². The van der Waals surface area contributed by atoms with Gasteiger partial charge in [0.1, 0.15) is 11.5 Å². The fourth-order valence-corrected chi connectivity index (χ4v) is 1.93. The van der Waals surface area contributed by atoms with Crippen molar-refractivity contribution in [1.82, 2.24) is 5.32 Å². The molecular formula is C14H23NO4. The van der Waals surface area contributed by atoms with E-state index in [9.17, 15) is 4.79 Å². The van der Waals surface area contributed by atoms with Gasteiger partial charge in [-0.25, -0.2) is 0 Å². The van der Waals surface area contributed by atoms with Crippen molar-refractivity contribution in [2.75, 3.05) is 19.8 Å². The Morgan fingerprint density at radius 3 is 2.16 bits per heavy atom. The molecule has 0 saturated heterocycles. The normalized spacial score (nSPS) is 11.1. The molecule has 0 bridgehead atoms. The minimum Gasteiger partial charge on any atom is -0.466 e. The maximum Gasteiger partial charge on any atom is 0.255 e. The molecule has 0 spiro atoms. The quantitative estimate of drug-likeness (QED) is 0.772. The molecule has 1 amide bonds. The lowest BCUT2D eigenvalue weighted by Gasteiger charge is -2.17. The van der Waals surface area contributed by atoms with E-state index in [0.717, 1.165) is 11.3 Å². The molecule has 0 atom stereocenters. The lowest BCUT2D eigenvalue weighted by molar-refractivity contribution is -0.131. The summed E-state index contributed by atoms with van der Waals surface area (Å²) >= 11 is 0. The molecule has 108 valence electrons. The van der Waals surface area contributed by atoms with Gasteiger partial charge < -0.3 is 19.2 Å². The van der Waals surface area contributed by atoms with Gasteiger partial charge in [-0.2, -0.15) is 0 Å². The fraction of sp³-hybridized carbons (Fsp3) is 0.643. The van der Waals surface area contributed by atoms with Crippen molar-refractivity contribution in [1.29, 1.82) is 0 Å². The number of amides is 1. The molecule has 1 rings (SSSR count). The molecule has 1 N–H and O–H groups in total. The minimum absolute atomic E-state index is 0.156. The molecule has 0 aliphatic carbocycles. The van der Waals surface area contributed by atoms with Crippen LogP contribution in [0.1, 0.15) is 41.3 Å². The monoisotopic (exact) mass is 269 g/mol. The van der Waals surface area contributed by atoms with Crippen LogP contribution in [0.4, 0.5) is 0 Å². The first-order chi connectivity index (χ1) is 9.01. The highest BCUT2D eigenvalue weighted by molar-refractivity contribution is 5.96. The molecule has 0 unspecified atom stereocenters. The third-order valence-corrected chi connectivity index (χ3v) is 2.92. The van der Waals surface area contributed by atoms with Crippen LogP contribution >= 0.6 is 0 Å². The molecule has 5 nitrogen and oxygen atoms in total. The Balaban J connectivity index is 2.64. The van der Waals surface area contributed by atoms with Crippen molar-refractivity contribution < 1.29 is 18.7 Å². The Kier molecular flexibility index (Phi) is 6.05. The van der Waals surface area contributed by atoms with Gasteiger partial charge in [0, 0.05) is 18.8 Å². The number of carbonyl (C=O) groups is 1. The summed E-state index contributed by atoms with van der Waals surface area (Å²) in [5.41, 5.74) is 1.48. The molecule has 0 aromatic carbocycles. The molecule has 19 heavy (non-hydrogen) atoms. The second-order valence-corrected chi connectivity index (χ2v) is 4.26. The number of aryl methyl sites for hydroxylation is 2. The SMILES string of the molecule is CCOC(CNC(=O)c1c(C)oc(C)c1C)OCC. The average Bonchev–Trinajstić information content (AvgIpc) is 2.61. The molecule has 5 heteroatoms. The van der Waals surface area contributed by atoms with E-state index in [0.29, 0.717) is 31.1 Å². The smallest absolute Gasteiger partial charge is 0.255 e. The molecule has 1 heterocycles. The van der Waals surface area contributed by atoms with E-state index in [1.165, 1.54) is 0 Å². The number of carbonyl (C=O) groups excluding carboxylic acids is 1. The van der Waals surface area contributed by atoms with E-state index in [1.807, 2.05) is 27.7 Å². The first kappa shape index (κ1) is 15.7. The van der Waals surface area contributed by atoms with Crippen LogP contribution in [-0.4, -0.2) is 32.0 Å². The Labute approximate surface area is 114 Å². The summed E-state index contributed by atoms with van der Waals surface area (Å²) in [4.78, 5) is 12.1. The van der Waals surface area contributed by atoms with E-state index in [-0.39, 0.29) is 5.91 Å². The van der Waals surface area contributed by atoms with Gasteiger partial charge in [0.2, 0.25) is 0 Å². The Bertz CT molecular complexity index is 419. The second-order valence-electron chi connectivity index (χ2n) is 4.26. The molecule has 0 aliphatic rings. The highest BCUT2D eigenvalue weighted by atomic mass is 16.7. The van der Waals surface area contributed by atoms with E-state index in [1.54, 1.807) is 6.92 Å². The number of nitrogens with one attached hydrogen (secondary N) is 1. The van der Waals surface area contributed by atoms with Gasteiger partial charge in [-0.05, 0) is 34.6 Å². The van der Waals surface area contributed by atoms with E-state index >= 15 is 0 Å². The van der Waals surface area contributed by atoms with Crippen molar-refractivity contribution in [2.24, 2.45) is 0 Å². The molecule has 1 aromatic rings. The molecule has 0 radical (unpaired) electrons. The van der Waals surface area contributed by atoms with Crippen LogP contribution in [0.5, 0.6) is 0 Å².